The lowest BCUT2D eigenvalue weighted by atomic mass is 10.2. The SMILES string of the molecule is Cc1ccc(F)c(OCc2cccnc2C(N)=NO)c1. The van der Waals surface area contributed by atoms with E-state index in [0.717, 1.165) is 5.56 Å². The van der Waals surface area contributed by atoms with Crippen molar-refractivity contribution in [3.8, 4) is 5.75 Å². The van der Waals surface area contributed by atoms with Crippen molar-refractivity contribution in [1.29, 1.82) is 0 Å². The monoisotopic (exact) mass is 275 g/mol. The molecule has 20 heavy (non-hydrogen) atoms. The minimum atomic E-state index is -0.440. The molecule has 1 heterocycles. The van der Waals surface area contributed by atoms with E-state index in [9.17, 15) is 4.39 Å². The number of aryl methyl sites for hydroxylation is 1. The first-order valence-electron chi connectivity index (χ1n) is 5.92. The van der Waals surface area contributed by atoms with Gasteiger partial charge in [-0.25, -0.2) is 4.39 Å². The Bertz CT molecular complexity index is 644. The van der Waals surface area contributed by atoms with E-state index in [-0.39, 0.29) is 18.2 Å². The molecule has 0 fully saturated rings. The maximum atomic E-state index is 13.6. The zero-order valence-corrected chi connectivity index (χ0v) is 10.9. The molecule has 0 aliphatic heterocycles. The first-order chi connectivity index (χ1) is 9.61. The van der Waals surface area contributed by atoms with Crippen LogP contribution in [0.3, 0.4) is 0 Å². The van der Waals surface area contributed by atoms with Crippen molar-refractivity contribution in [2.45, 2.75) is 13.5 Å². The van der Waals surface area contributed by atoms with Crippen LogP contribution in [-0.4, -0.2) is 16.0 Å². The molecule has 3 N–H and O–H groups in total. The number of nitrogens with zero attached hydrogens (tertiary/aromatic N) is 2. The molecular weight excluding hydrogens is 261 g/mol. The molecule has 0 unspecified atom stereocenters. The molecule has 0 amide bonds. The van der Waals surface area contributed by atoms with E-state index in [0.29, 0.717) is 11.3 Å². The summed E-state index contributed by atoms with van der Waals surface area (Å²) in [5, 5.41) is 11.6. The number of aromatic nitrogens is 1. The molecule has 0 bridgehead atoms. The summed E-state index contributed by atoms with van der Waals surface area (Å²) < 4.78 is 19.0. The summed E-state index contributed by atoms with van der Waals surface area (Å²) in [4.78, 5) is 4.01. The highest BCUT2D eigenvalue weighted by Crippen LogP contribution is 2.20. The molecule has 0 saturated heterocycles. The maximum Gasteiger partial charge on any atom is 0.189 e. The van der Waals surface area contributed by atoms with Crippen LogP contribution in [0.5, 0.6) is 5.75 Å². The molecule has 0 atom stereocenters. The number of pyridine rings is 1. The van der Waals surface area contributed by atoms with Gasteiger partial charge < -0.3 is 15.7 Å². The standard InChI is InChI=1S/C14H14FN3O2/c1-9-4-5-11(15)12(7-9)20-8-10-3-2-6-17-13(10)14(16)18-19/h2-7,19H,8H2,1H3,(H2,16,18). The Kier molecular flexibility index (Phi) is 4.14. The first-order valence-corrected chi connectivity index (χ1v) is 5.92. The van der Waals surface area contributed by atoms with Gasteiger partial charge in [0.15, 0.2) is 17.4 Å². The van der Waals surface area contributed by atoms with Crippen molar-refractivity contribution in [2.24, 2.45) is 10.9 Å². The second-order valence-electron chi connectivity index (χ2n) is 4.22. The molecule has 0 aliphatic rings. The Morgan fingerprint density at radius 2 is 2.25 bits per heavy atom. The largest absolute Gasteiger partial charge is 0.486 e. The van der Waals surface area contributed by atoms with E-state index >= 15 is 0 Å². The second kappa shape index (κ2) is 6.01. The van der Waals surface area contributed by atoms with Gasteiger partial charge in [-0.05, 0) is 30.7 Å². The van der Waals surface area contributed by atoms with Crippen molar-refractivity contribution in [2.75, 3.05) is 0 Å². The molecule has 0 saturated carbocycles. The first kappa shape index (κ1) is 13.8. The Labute approximate surface area is 115 Å². The summed E-state index contributed by atoms with van der Waals surface area (Å²) in [6.07, 6.45) is 1.52. The lowest BCUT2D eigenvalue weighted by Crippen LogP contribution is -2.18. The van der Waals surface area contributed by atoms with Crippen LogP contribution >= 0.6 is 0 Å². The third-order valence-electron chi connectivity index (χ3n) is 2.71. The van der Waals surface area contributed by atoms with Crippen molar-refractivity contribution >= 4 is 5.84 Å². The molecule has 5 nitrogen and oxygen atoms in total. The minimum absolute atomic E-state index is 0.0692. The van der Waals surface area contributed by atoms with Crippen LogP contribution in [0.15, 0.2) is 41.7 Å². The molecule has 6 heteroatoms. The van der Waals surface area contributed by atoms with Crippen LogP contribution in [-0.2, 0) is 6.61 Å². The molecule has 1 aromatic carbocycles. The maximum absolute atomic E-state index is 13.6. The predicted molar refractivity (Wildman–Crippen MR) is 72.2 cm³/mol. The Morgan fingerprint density at radius 1 is 1.45 bits per heavy atom. The van der Waals surface area contributed by atoms with Crippen molar-refractivity contribution in [3.05, 3.63) is 59.2 Å². The van der Waals surface area contributed by atoms with Gasteiger partial charge in [-0.1, -0.05) is 17.3 Å². The van der Waals surface area contributed by atoms with E-state index in [1.54, 1.807) is 24.3 Å². The number of hydrogen-bond donors (Lipinski definition) is 2. The minimum Gasteiger partial charge on any atom is -0.486 e. The van der Waals surface area contributed by atoms with Gasteiger partial charge >= 0.3 is 0 Å². The van der Waals surface area contributed by atoms with Crippen molar-refractivity contribution < 1.29 is 14.3 Å². The summed E-state index contributed by atoms with van der Waals surface area (Å²) in [5.41, 5.74) is 7.33. The highest BCUT2D eigenvalue weighted by Gasteiger charge is 2.10. The lowest BCUT2D eigenvalue weighted by molar-refractivity contribution is 0.289. The lowest BCUT2D eigenvalue weighted by Gasteiger charge is -2.10. The second-order valence-corrected chi connectivity index (χ2v) is 4.22. The zero-order chi connectivity index (χ0) is 14.5. The summed E-state index contributed by atoms with van der Waals surface area (Å²) in [6, 6.07) is 8.02. The fourth-order valence-electron chi connectivity index (χ4n) is 1.71. The van der Waals surface area contributed by atoms with Crippen LogP contribution < -0.4 is 10.5 Å². The van der Waals surface area contributed by atoms with E-state index in [2.05, 4.69) is 10.1 Å². The van der Waals surface area contributed by atoms with Gasteiger partial charge in [-0.15, -0.1) is 0 Å². The van der Waals surface area contributed by atoms with Gasteiger partial charge in [0.1, 0.15) is 12.3 Å². The average Bonchev–Trinajstić information content (AvgIpc) is 2.47. The third-order valence-corrected chi connectivity index (χ3v) is 2.71. The van der Waals surface area contributed by atoms with Crippen molar-refractivity contribution in [1.82, 2.24) is 4.98 Å². The molecule has 0 aliphatic carbocycles. The number of amidine groups is 1. The van der Waals surface area contributed by atoms with E-state index in [4.69, 9.17) is 15.7 Å². The molecule has 2 rings (SSSR count). The van der Waals surface area contributed by atoms with Gasteiger partial charge in [0.2, 0.25) is 0 Å². The third kappa shape index (κ3) is 3.03. The highest BCUT2D eigenvalue weighted by atomic mass is 19.1. The number of benzene rings is 1. The van der Waals surface area contributed by atoms with E-state index < -0.39 is 5.82 Å². The predicted octanol–water partition coefficient (Wildman–Crippen LogP) is 2.20. The van der Waals surface area contributed by atoms with Gasteiger partial charge in [-0.2, -0.15) is 0 Å². The molecule has 2 aromatic rings. The number of hydrogen-bond acceptors (Lipinski definition) is 4. The van der Waals surface area contributed by atoms with Gasteiger partial charge in [0.25, 0.3) is 0 Å². The Morgan fingerprint density at radius 3 is 3.00 bits per heavy atom. The topological polar surface area (TPSA) is 80.7 Å². The Balaban J connectivity index is 2.21. The number of halogens is 1. The fraction of sp³-hybridized carbons (Fsp3) is 0.143. The number of nitrogens with two attached hydrogens (primary N) is 1. The average molecular weight is 275 g/mol. The van der Waals surface area contributed by atoms with E-state index in [1.165, 1.54) is 12.3 Å². The van der Waals surface area contributed by atoms with E-state index in [1.807, 2.05) is 6.92 Å². The quantitative estimate of drug-likeness (QED) is 0.388. The fourth-order valence-corrected chi connectivity index (χ4v) is 1.71. The number of oxime groups is 1. The summed E-state index contributed by atoms with van der Waals surface area (Å²) >= 11 is 0. The molecule has 104 valence electrons. The van der Waals surface area contributed by atoms with Crippen LogP contribution in [0, 0.1) is 12.7 Å². The van der Waals surface area contributed by atoms with Crippen molar-refractivity contribution in [3.63, 3.8) is 0 Å². The summed E-state index contributed by atoms with van der Waals surface area (Å²) in [7, 11) is 0. The number of rotatable bonds is 4. The van der Waals surface area contributed by atoms with Gasteiger partial charge in [-0.3, -0.25) is 4.98 Å². The number of ether oxygens (including phenoxy) is 1. The molecule has 0 radical (unpaired) electrons. The van der Waals surface area contributed by atoms with Crippen LogP contribution in [0.25, 0.3) is 0 Å². The molecular formula is C14H14FN3O2. The highest BCUT2D eigenvalue weighted by molar-refractivity contribution is 5.96. The summed E-state index contributed by atoms with van der Waals surface area (Å²) in [5.74, 6) is -0.405. The van der Waals surface area contributed by atoms with Crippen LogP contribution in [0.1, 0.15) is 16.8 Å². The summed E-state index contributed by atoms with van der Waals surface area (Å²) in [6.45, 7) is 1.91. The molecule has 1 aromatic heterocycles. The molecule has 0 spiro atoms. The smallest absolute Gasteiger partial charge is 0.189 e. The van der Waals surface area contributed by atoms with Gasteiger partial charge in [0.05, 0.1) is 0 Å². The zero-order valence-electron chi connectivity index (χ0n) is 10.9. The van der Waals surface area contributed by atoms with Gasteiger partial charge in [0, 0.05) is 11.8 Å². The Hall–Kier alpha value is -2.63. The van der Waals surface area contributed by atoms with Crippen LogP contribution in [0.2, 0.25) is 0 Å². The van der Waals surface area contributed by atoms with Crippen LogP contribution in [0.4, 0.5) is 4.39 Å². The normalized spacial score (nSPS) is 11.4.